The van der Waals surface area contributed by atoms with Crippen LogP contribution in [0.1, 0.15) is 25.3 Å². The van der Waals surface area contributed by atoms with Crippen molar-refractivity contribution in [3.63, 3.8) is 0 Å². The number of ether oxygens (including phenoxy) is 1. The molecule has 2 unspecified atom stereocenters. The fourth-order valence-corrected chi connectivity index (χ4v) is 2.88. The lowest BCUT2D eigenvalue weighted by atomic mass is 9.97. The molecule has 0 spiro atoms. The smallest absolute Gasteiger partial charge is 0.263 e. The van der Waals surface area contributed by atoms with E-state index < -0.39 is 6.10 Å². The van der Waals surface area contributed by atoms with Gasteiger partial charge in [0.05, 0.1) is 5.92 Å². The molecule has 0 aromatic heterocycles. The molecule has 1 aliphatic heterocycles. The number of hydrogen-bond donors (Lipinski definition) is 1. The van der Waals surface area contributed by atoms with Crippen molar-refractivity contribution >= 4 is 23.4 Å². The Kier molecular flexibility index (Phi) is 5.29. The van der Waals surface area contributed by atoms with E-state index in [-0.39, 0.29) is 17.7 Å². The summed E-state index contributed by atoms with van der Waals surface area (Å²) in [5, 5.41) is 0.629. The van der Waals surface area contributed by atoms with E-state index in [1.807, 2.05) is 6.92 Å². The van der Waals surface area contributed by atoms with Gasteiger partial charge in [-0.3, -0.25) is 9.59 Å². The zero-order chi connectivity index (χ0) is 16.3. The summed E-state index contributed by atoms with van der Waals surface area (Å²) in [7, 11) is 0. The molecule has 1 fully saturated rings. The molecular formula is C16H21ClN2O3. The summed E-state index contributed by atoms with van der Waals surface area (Å²) in [4.78, 5) is 25.4. The standard InChI is InChI=1S/C16H21ClN2O3/c1-10-8-13(17)5-6-14(10)22-11(2)16(21)19-7-3-4-12(9-19)15(18)20/h5-6,8,11-12H,3-4,7,9H2,1-2H3,(H2,18,20). The van der Waals surface area contributed by atoms with Crippen molar-refractivity contribution in [3.05, 3.63) is 28.8 Å². The Morgan fingerprint density at radius 1 is 1.45 bits per heavy atom. The molecule has 120 valence electrons. The molecule has 1 aromatic rings. The molecule has 1 aromatic carbocycles. The highest BCUT2D eigenvalue weighted by atomic mass is 35.5. The lowest BCUT2D eigenvalue weighted by molar-refractivity contribution is -0.141. The second kappa shape index (κ2) is 7.01. The first-order valence-electron chi connectivity index (χ1n) is 7.39. The number of carbonyl (C=O) groups excluding carboxylic acids is 2. The second-order valence-electron chi connectivity index (χ2n) is 5.70. The van der Waals surface area contributed by atoms with E-state index in [0.717, 1.165) is 18.4 Å². The predicted octanol–water partition coefficient (Wildman–Crippen LogP) is 2.14. The van der Waals surface area contributed by atoms with Gasteiger partial charge in [-0.2, -0.15) is 0 Å². The molecule has 2 atom stereocenters. The molecule has 6 heteroatoms. The Morgan fingerprint density at radius 2 is 2.18 bits per heavy atom. The number of primary amides is 1. The number of amides is 2. The van der Waals surface area contributed by atoms with Gasteiger partial charge in [0.25, 0.3) is 5.91 Å². The molecule has 0 saturated carbocycles. The molecule has 22 heavy (non-hydrogen) atoms. The van der Waals surface area contributed by atoms with Crippen LogP contribution in [0.4, 0.5) is 0 Å². The van der Waals surface area contributed by atoms with Crippen LogP contribution in [-0.4, -0.2) is 35.9 Å². The highest BCUT2D eigenvalue weighted by Gasteiger charge is 2.30. The third-order valence-electron chi connectivity index (χ3n) is 3.92. The number of benzene rings is 1. The van der Waals surface area contributed by atoms with Gasteiger partial charge in [-0.1, -0.05) is 11.6 Å². The van der Waals surface area contributed by atoms with E-state index in [4.69, 9.17) is 22.1 Å². The van der Waals surface area contributed by atoms with Gasteiger partial charge in [-0.15, -0.1) is 0 Å². The molecule has 1 heterocycles. The van der Waals surface area contributed by atoms with Crippen LogP contribution in [0.15, 0.2) is 18.2 Å². The Hall–Kier alpha value is -1.75. The number of nitrogens with zero attached hydrogens (tertiary/aromatic N) is 1. The summed E-state index contributed by atoms with van der Waals surface area (Å²) in [6.07, 6.45) is 0.906. The Balaban J connectivity index is 2.01. The van der Waals surface area contributed by atoms with E-state index in [2.05, 4.69) is 0 Å². The van der Waals surface area contributed by atoms with Gasteiger partial charge in [0.2, 0.25) is 5.91 Å². The van der Waals surface area contributed by atoms with E-state index in [9.17, 15) is 9.59 Å². The fraction of sp³-hybridized carbons (Fsp3) is 0.500. The maximum Gasteiger partial charge on any atom is 0.263 e. The maximum absolute atomic E-state index is 12.5. The summed E-state index contributed by atoms with van der Waals surface area (Å²) < 4.78 is 5.74. The summed E-state index contributed by atoms with van der Waals surface area (Å²) in [5.41, 5.74) is 6.22. The fourth-order valence-electron chi connectivity index (χ4n) is 2.65. The Bertz CT molecular complexity index is 577. The van der Waals surface area contributed by atoms with Crippen molar-refractivity contribution in [2.75, 3.05) is 13.1 Å². The quantitative estimate of drug-likeness (QED) is 0.922. The Labute approximate surface area is 135 Å². The number of hydrogen-bond acceptors (Lipinski definition) is 3. The van der Waals surface area contributed by atoms with Crippen LogP contribution in [0.2, 0.25) is 5.02 Å². The van der Waals surface area contributed by atoms with Crippen LogP contribution in [0.3, 0.4) is 0 Å². The van der Waals surface area contributed by atoms with Gasteiger partial charge in [0, 0.05) is 18.1 Å². The monoisotopic (exact) mass is 324 g/mol. The number of nitrogens with two attached hydrogens (primary N) is 1. The van der Waals surface area contributed by atoms with E-state index in [1.54, 1.807) is 30.0 Å². The molecule has 2 amide bonds. The molecule has 0 aliphatic carbocycles. The van der Waals surface area contributed by atoms with Crippen molar-refractivity contribution in [1.29, 1.82) is 0 Å². The van der Waals surface area contributed by atoms with Gasteiger partial charge >= 0.3 is 0 Å². The minimum atomic E-state index is -0.619. The molecule has 0 bridgehead atoms. The van der Waals surface area contributed by atoms with Crippen molar-refractivity contribution < 1.29 is 14.3 Å². The topological polar surface area (TPSA) is 72.6 Å². The van der Waals surface area contributed by atoms with Crippen LogP contribution in [0, 0.1) is 12.8 Å². The van der Waals surface area contributed by atoms with E-state index in [0.29, 0.717) is 23.9 Å². The lowest BCUT2D eigenvalue weighted by Crippen LogP contribution is -2.48. The minimum absolute atomic E-state index is 0.125. The van der Waals surface area contributed by atoms with Crippen molar-refractivity contribution in [1.82, 2.24) is 4.90 Å². The highest BCUT2D eigenvalue weighted by molar-refractivity contribution is 6.30. The molecule has 2 N–H and O–H groups in total. The van der Waals surface area contributed by atoms with Crippen LogP contribution in [-0.2, 0) is 9.59 Å². The van der Waals surface area contributed by atoms with Gasteiger partial charge in [-0.25, -0.2) is 0 Å². The largest absolute Gasteiger partial charge is 0.481 e. The number of aryl methyl sites for hydroxylation is 1. The minimum Gasteiger partial charge on any atom is -0.481 e. The van der Waals surface area contributed by atoms with Gasteiger partial charge in [0.1, 0.15) is 5.75 Å². The third kappa shape index (κ3) is 3.91. The van der Waals surface area contributed by atoms with Gasteiger partial charge in [0.15, 0.2) is 6.10 Å². The third-order valence-corrected chi connectivity index (χ3v) is 4.16. The first-order valence-corrected chi connectivity index (χ1v) is 7.77. The van der Waals surface area contributed by atoms with Crippen molar-refractivity contribution in [3.8, 4) is 5.75 Å². The first-order chi connectivity index (χ1) is 10.4. The van der Waals surface area contributed by atoms with E-state index >= 15 is 0 Å². The normalized spacial score (nSPS) is 19.6. The van der Waals surface area contributed by atoms with Crippen molar-refractivity contribution in [2.24, 2.45) is 11.7 Å². The Morgan fingerprint density at radius 3 is 2.82 bits per heavy atom. The lowest BCUT2D eigenvalue weighted by Gasteiger charge is -2.33. The average molecular weight is 325 g/mol. The number of halogens is 1. The van der Waals surface area contributed by atoms with Crippen molar-refractivity contribution in [2.45, 2.75) is 32.8 Å². The number of carbonyl (C=O) groups is 2. The number of rotatable bonds is 4. The van der Waals surface area contributed by atoms with E-state index in [1.165, 1.54) is 0 Å². The molecule has 1 saturated heterocycles. The SMILES string of the molecule is Cc1cc(Cl)ccc1OC(C)C(=O)N1CCCC(C(N)=O)C1. The molecule has 1 aliphatic rings. The zero-order valence-corrected chi connectivity index (χ0v) is 13.6. The van der Waals surface area contributed by atoms with Crippen LogP contribution >= 0.6 is 11.6 Å². The molecular weight excluding hydrogens is 304 g/mol. The molecule has 5 nitrogen and oxygen atoms in total. The summed E-state index contributed by atoms with van der Waals surface area (Å²) in [6, 6.07) is 5.27. The van der Waals surface area contributed by atoms with Crippen LogP contribution < -0.4 is 10.5 Å². The number of likely N-dealkylation sites (tertiary alicyclic amines) is 1. The molecule has 0 radical (unpaired) electrons. The first kappa shape index (κ1) is 16.6. The van der Waals surface area contributed by atoms with Crippen LogP contribution in [0.25, 0.3) is 0 Å². The summed E-state index contributed by atoms with van der Waals surface area (Å²) in [5.74, 6) is -0.101. The summed E-state index contributed by atoms with van der Waals surface area (Å²) in [6.45, 7) is 4.60. The predicted molar refractivity (Wildman–Crippen MR) is 84.8 cm³/mol. The zero-order valence-electron chi connectivity index (χ0n) is 12.8. The average Bonchev–Trinajstić information content (AvgIpc) is 2.49. The van der Waals surface area contributed by atoms with Gasteiger partial charge < -0.3 is 15.4 Å². The summed E-state index contributed by atoms with van der Waals surface area (Å²) >= 11 is 5.91. The molecule has 2 rings (SSSR count). The maximum atomic E-state index is 12.5. The highest BCUT2D eigenvalue weighted by Crippen LogP contribution is 2.24. The van der Waals surface area contributed by atoms with Gasteiger partial charge in [-0.05, 0) is 50.5 Å². The van der Waals surface area contributed by atoms with Crippen LogP contribution in [0.5, 0.6) is 5.75 Å². The number of piperidine rings is 1. The second-order valence-corrected chi connectivity index (χ2v) is 6.13.